The third kappa shape index (κ3) is 4.28. The Kier molecular flexibility index (Phi) is 6.04. The molecule has 20 heavy (non-hydrogen) atoms. The van der Waals surface area contributed by atoms with Gasteiger partial charge in [-0.2, -0.15) is 0 Å². The van der Waals surface area contributed by atoms with Gasteiger partial charge in [0.25, 0.3) is 11.6 Å². The first-order valence-corrected chi connectivity index (χ1v) is 6.34. The number of hydrogen-bond acceptors (Lipinski definition) is 4. The smallest absolute Gasteiger partial charge is 0.292 e. The second-order valence-corrected chi connectivity index (χ2v) is 4.08. The molecule has 0 saturated carbocycles. The third-order valence-corrected chi connectivity index (χ3v) is 2.61. The van der Waals surface area contributed by atoms with Gasteiger partial charge in [-0.3, -0.25) is 14.9 Å². The van der Waals surface area contributed by atoms with Gasteiger partial charge < -0.3 is 10.6 Å². The van der Waals surface area contributed by atoms with Crippen LogP contribution in [0.1, 0.15) is 30.1 Å². The molecule has 0 spiro atoms. The van der Waals surface area contributed by atoms with E-state index in [1.54, 1.807) is 0 Å². The molecule has 0 aliphatic rings. The summed E-state index contributed by atoms with van der Waals surface area (Å²) in [5, 5.41) is 16.6. The Balaban J connectivity index is 2.91. The van der Waals surface area contributed by atoms with E-state index in [0.29, 0.717) is 37.2 Å². The lowest BCUT2D eigenvalue weighted by Gasteiger charge is -2.08. The lowest BCUT2D eigenvalue weighted by Crippen LogP contribution is -2.22. The van der Waals surface area contributed by atoms with Crippen LogP contribution in [0.2, 0.25) is 0 Å². The Morgan fingerprint density at radius 1 is 1.50 bits per heavy atom. The first-order chi connectivity index (χ1) is 9.60. The molecule has 0 unspecified atom stereocenters. The van der Waals surface area contributed by atoms with E-state index in [2.05, 4.69) is 16.6 Å². The third-order valence-electron chi connectivity index (χ3n) is 2.61. The van der Waals surface area contributed by atoms with E-state index >= 15 is 0 Å². The summed E-state index contributed by atoms with van der Waals surface area (Å²) in [6.45, 7) is 2.83. The van der Waals surface area contributed by atoms with Gasteiger partial charge in [0.15, 0.2) is 0 Å². The zero-order valence-corrected chi connectivity index (χ0v) is 11.3. The number of hydrogen-bond donors (Lipinski definition) is 2. The average Bonchev–Trinajstić information content (AvgIpc) is 2.43. The lowest BCUT2D eigenvalue weighted by atomic mass is 10.1. The summed E-state index contributed by atoms with van der Waals surface area (Å²) in [5.41, 5.74) is 0.659. The summed E-state index contributed by atoms with van der Waals surface area (Å²) in [7, 11) is 0. The second-order valence-electron chi connectivity index (χ2n) is 4.08. The Bertz CT molecular complexity index is 535. The van der Waals surface area contributed by atoms with Crippen LogP contribution < -0.4 is 10.6 Å². The minimum absolute atomic E-state index is 0.0567. The highest BCUT2D eigenvalue weighted by molar-refractivity contribution is 5.95. The van der Waals surface area contributed by atoms with Gasteiger partial charge in [0, 0.05) is 31.1 Å². The molecule has 0 bridgehead atoms. The number of nitro benzene ring substituents is 1. The molecule has 0 radical (unpaired) electrons. The number of nitro groups is 1. The summed E-state index contributed by atoms with van der Waals surface area (Å²) in [5.74, 6) is 2.24. The van der Waals surface area contributed by atoms with Crippen LogP contribution in [0.3, 0.4) is 0 Å². The minimum atomic E-state index is -0.481. The molecular weight excluding hydrogens is 258 g/mol. The van der Waals surface area contributed by atoms with Crippen LogP contribution in [-0.2, 0) is 0 Å². The summed E-state index contributed by atoms with van der Waals surface area (Å²) in [6, 6.07) is 4.25. The van der Waals surface area contributed by atoms with Crippen molar-refractivity contribution in [1.82, 2.24) is 5.32 Å². The first-order valence-electron chi connectivity index (χ1n) is 6.34. The Hall–Kier alpha value is -2.55. The fourth-order valence-corrected chi connectivity index (χ4v) is 1.65. The molecule has 0 saturated heterocycles. The van der Waals surface area contributed by atoms with Crippen LogP contribution in [0.15, 0.2) is 18.2 Å². The van der Waals surface area contributed by atoms with E-state index in [1.165, 1.54) is 18.2 Å². The van der Waals surface area contributed by atoms with Crippen molar-refractivity contribution in [3.05, 3.63) is 33.9 Å². The molecular formula is C14H17N3O3. The van der Waals surface area contributed by atoms with Gasteiger partial charge in [-0.1, -0.05) is 0 Å². The number of terminal acetylenes is 1. The van der Waals surface area contributed by atoms with Crippen molar-refractivity contribution in [2.45, 2.75) is 19.8 Å². The molecule has 0 aliphatic carbocycles. The molecule has 0 aromatic heterocycles. The SMILES string of the molecule is C#CCCCNc1cc(C(=O)NCC)ccc1[N+](=O)[O-]. The molecule has 1 rings (SSSR count). The zero-order chi connectivity index (χ0) is 15.0. The predicted octanol–water partition coefficient (Wildman–Crippen LogP) is 2.17. The first kappa shape index (κ1) is 15.5. The van der Waals surface area contributed by atoms with Crippen molar-refractivity contribution in [1.29, 1.82) is 0 Å². The van der Waals surface area contributed by atoms with Crippen LogP contribution >= 0.6 is 0 Å². The number of nitrogens with one attached hydrogen (secondary N) is 2. The van der Waals surface area contributed by atoms with Crippen molar-refractivity contribution in [3.63, 3.8) is 0 Å². The fourth-order valence-electron chi connectivity index (χ4n) is 1.65. The van der Waals surface area contributed by atoms with Crippen LogP contribution in [0.25, 0.3) is 0 Å². The molecule has 6 heteroatoms. The van der Waals surface area contributed by atoms with Gasteiger partial charge in [0.05, 0.1) is 4.92 Å². The van der Waals surface area contributed by atoms with E-state index in [1.807, 2.05) is 6.92 Å². The minimum Gasteiger partial charge on any atom is -0.379 e. The molecule has 0 atom stereocenters. The quantitative estimate of drug-likeness (QED) is 0.346. The summed E-state index contributed by atoms with van der Waals surface area (Å²) in [6.07, 6.45) is 6.45. The molecule has 2 N–H and O–H groups in total. The number of unbranched alkanes of at least 4 members (excludes halogenated alkanes) is 1. The maximum Gasteiger partial charge on any atom is 0.292 e. The molecule has 0 aliphatic heterocycles. The van der Waals surface area contributed by atoms with Gasteiger partial charge >= 0.3 is 0 Å². The van der Waals surface area contributed by atoms with Gasteiger partial charge in [0.1, 0.15) is 5.69 Å². The number of nitrogens with zero attached hydrogens (tertiary/aromatic N) is 1. The van der Waals surface area contributed by atoms with Crippen molar-refractivity contribution in [2.24, 2.45) is 0 Å². The number of benzene rings is 1. The normalized spacial score (nSPS) is 9.60. The van der Waals surface area contributed by atoms with Crippen LogP contribution in [0.5, 0.6) is 0 Å². The highest BCUT2D eigenvalue weighted by Crippen LogP contribution is 2.25. The van der Waals surface area contributed by atoms with E-state index in [9.17, 15) is 14.9 Å². The van der Waals surface area contributed by atoms with E-state index < -0.39 is 4.92 Å². The van der Waals surface area contributed by atoms with E-state index in [-0.39, 0.29) is 11.6 Å². The average molecular weight is 275 g/mol. The van der Waals surface area contributed by atoms with Crippen molar-refractivity contribution in [3.8, 4) is 12.3 Å². The van der Waals surface area contributed by atoms with Crippen molar-refractivity contribution in [2.75, 3.05) is 18.4 Å². The Morgan fingerprint density at radius 2 is 2.25 bits per heavy atom. The standard InChI is InChI=1S/C14H17N3O3/c1-3-5-6-9-16-12-10-11(14(18)15-4-2)7-8-13(12)17(19)20/h1,7-8,10,16H,4-6,9H2,2H3,(H,15,18). The second kappa shape index (κ2) is 7.79. The number of carbonyl (C=O) groups excluding carboxylic acids is 1. The number of carbonyl (C=O) groups is 1. The molecule has 1 aromatic rings. The van der Waals surface area contributed by atoms with Gasteiger partial charge in [-0.25, -0.2) is 0 Å². The van der Waals surface area contributed by atoms with E-state index in [4.69, 9.17) is 6.42 Å². The van der Waals surface area contributed by atoms with Crippen LogP contribution in [-0.4, -0.2) is 23.9 Å². The molecule has 106 valence electrons. The number of amides is 1. The van der Waals surface area contributed by atoms with Gasteiger partial charge in [-0.15, -0.1) is 12.3 Å². The summed E-state index contributed by atoms with van der Waals surface area (Å²) in [4.78, 5) is 22.2. The highest BCUT2D eigenvalue weighted by atomic mass is 16.6. The number of rotatable bonds is 7. The Labute approximate surface area is 117 Å². The monoisotopic (exact) mass is 275 g/mol. The predicted molar refractivity (Wildman–Crippen MR) is 77.7 cm³/mol. The number of anilines is 1. The van der Waals surface area contributed by atoms with Gasteiger partial charge in [0.2, 0.25) is 0 Å². The van der Waals surface area contributed by atoms with Gasteiger partial charge in [-0.05, 0) is 25.5 Å². The fraction of sp³-hybridized carbons (Fsp3) is 0.357. The Morgan fingerprint density at radius 3 is 2.85 bits per heavy atom. The maximum atomic E-state index is 11.7. The zero-order valence-electron chi connectivity index (χ0n) is 11.3. The van der Waals surface area contributed by atoms with Crippen molar-refractivity contribution >= 4 is 17.3 Å². The van der Waals surface area contributed by atoms with Crippen molar-refractivity contribution < 1.29 is 9.72 Å². The highest BCUT2D eigenvalue weighted by Gasteiger charge is 2.16. The maximum absolute atomic E-state index is 11.7. The van der Waals surface area contributed by atoms with Crippen LogP contribution in [0, 0.1) is 22.5 Å². The molecule has 1 amide bonds. The summed E-state index contributed by atoms with van der Waals surface area (Å²) >= 11 is 0. The summed E-state index contributed by atoms with van der Waals surface area (Å²) < 4.78 is 0. The molecule has 6 nitrogen and oxygen atoms in total. The molecule has 1 aromatic carbocycles. The molecule has 0 heterocycles. The largest absolute Gasteiger partial charge is 0.379 e. The van der Waals surface area contributed by atoms with Crippen LogP contribution in [0.4, 0.5) is 11.4 Å². The molecule has 0 fully saturated rings. The topological polar surface area (TPSA) is 84.3 Å². The van der Waals surface area contributed by atoms with E-state index in [0.717, 1.165) is 0 Å². The lowest BCUT2D eigenvalue weighted by molar-refractivity contribution is -0.384.